The molecule has 3 aromatic carbocycles. The molecule has 4 rings (SSSR count). The highest BCUT2D eigenvalue weighted by atomic mass is 35.5. The number of nitrogens with one attached hydrogen (secondary N) is 1. The van der Waals surface area contributed by atoms with Crippen molar-refractivity contribution in [1.29, 1.82) is 0 Å². The molecule has 6 nitrogen and oxygen atoms in total. The zero-order valence-corrected chi connectivity index (χ0v) is 19.3. The zero-order chi connectivity index (χ0) is 23.6. The standard InChI is InChI=1S/C23H17ClFN3O3S2/c24-17-3-1-2-14(12-17)13-27-22(29)23-28-20(15-4-8-18(25)9-5-15)21(32-23)16-6-10-19(11-7-16)33(26,30)31/h1-12H,13H2,(H,27,29)(H2,26,30,31). The number of rotatable bonds is 6. The van der Waals surface area contributed by atoms with E-state index in [9.17, 15) is 17.6 Å². The summed E-state index contributed by atoms with van der Waals surface area (Å²) in [5.74, 6) is -0.775. The Morgan fingerprint density at radius 3 is 2.33 bits per heavy atom. The van der Waals surface area contributed by atoms with Crippen molar-refractivity contribution in [1.82, 2.24) is 10.3 Å². The number of sulfonamides is 1. The normalized spacial score (nSPS) is 11.4. The molecule has 4 aromatic rings. The first kappa shape index (κ1) is 23.1. The summed E-state index contributed by atoms with van der Waals surface area (Å²) in [7, 11) is -3.84. The van der Waals surface area contributed by atoms with Gasteiger partial charge >= 0.3 is 0 Å². The number of hydrogen-bond acceptors (Lipinski definition) is 5. The highest BCUT2D eigenvalue weighted by Gasteiger charge is 2.20. The fourth-order valence-electron chi connectivity index (χ4n) is 3.12. The molecule has 1 amide bonds. The molecule has 168 valence electrons. The lowest BCUT2D eigenvalue weighted by atomic mass is 10.1. The van der Waals surface area contributed by atoms with E-state index in [1.807, 2.05) is 6.07 Å². The van der Waals surface area contributed by atoms with Crippen LogP contribution in [0.5, 0.6) is 0 Å². The van der Waals surface area contributed by atoms with Crippen molar-refractivity contribution in [2.24, 2.45) is 5.14 Å². The fourth-order valence-corrected chi connectivity index (χ4v) is 4.85. The topological polar surface area (TPSA) is 102 Å². The SMILES string of the molecule is NS(=O)(=O)c1ccc(-c2sc(C(=O)NCc3cccc(Cl)c3)nc2-c2ccc(F)cc2)cc1. The molecule has 0 aliphatic carbocycles. The van der Waals surface area contributed by atoms with Gasteiger partial charge in [0.05, 0.1) is 15.5 Å². The van der Waals surface area contributed by atoms with Crippen LogP contribution in [0.25, 0.3) is 21.7 Å². The number of nitrogens with zero attached hydrogens (tertiary/aromatic N) is 1. The molecule has 0 aliphatic heterocycles. The van der Waals surface area contributed by atoms with Crippen LogP contribution in [0.1, 0.15) is 15.4 Å². The van der Waals surface area contributed by atoms with Crippen LogP contribution in [-0.2, 0) is 16.6 Å². The van der Waals surface area contributed by atoms with Crippen molar-refractivity contribution in [3.05, 3.63) is 94.2 Å². The number of thiazole rings is 1. The van der Waals surface area contributed by atoms with Crippen LogP contribution in [0.4, 0.5) is 4.39 Å². The molecule has 33 heavy (non-hydrogen) atoms. The zero-order valence-electron chi connectivity index (χ0n) is 17.0. The number of amides is 1. The third-order valence-electron chi connectivity index (χ3n) is 4.73. The van der Waals surface area contributed by atoms with Gasteiger partial charge < -0.3 is 5.32 Å². The highest BCUT2D eigenvalue weighted by Crippen LogP contribution is 2.37. The lowest BCUT2D eigenvalue weighted by Gasteiger charge is -2.04. The lowest BCUT2D eigenvalue weighted by molar-refractivity contribution is 0.0950. The summed E-state index contributed by atoms with van der Waals surface area (Å²) in [6, 6.07) is 18.8. The van der Waals surface area contributed by atoms with E-state index in [1.54, 1.807) is 42.5 Å². The summed E-state index contributed by atoms with van der Waals surface area (Å²) in [6.07, 6.45) is 0. The minimum absolute atomic E-state index is 0.0291. The molecule has 0 unspecified atom stereocenters. The van der Waals surface area contributed by atoms with Gasteiger partial charge in [-0.1, -0.05) is 35.9 Å². The second-order valence-corrected chi connectivity index (χ2v) is 10.1. The predicted octanol–water partition coefficient (Wildman–Crippen LogP) is 4.85. The van der Waals surface area contributed by atoms with Crippen molar-refractivity contribution in [2.45, 2.75) is 11.4 Å². The van der Waals surface area contributed by atoms with Gasteiger partial charge in [0, 0.05) is 17.1 Å². The Morgan fingerprint density at radius 2 is 1.70 bits per heavy atom. The van der Waals surface area contributed by atoms with E-state index in [0.29, 0.717) is 26.7 Å². The maximum absolute atomic E-state index is 13.4. The quantitative estimate of drug-likeness (QED) is 0.394. The van der Waals surface area contributed by atoms with Gasteiger partial charge in [-0.2, -0.15) is 0 Å². The summed E-state index contributed by atoms with van der Waals surface area (Å²) >= 11 is 7.14. The molecule has 10 heteroatoms. The summed E-state index contributed by atoms with van der Waals surface area (Å²) in [4.78, 5) is 17.9. The van der Waals surface area contributed by atoms with Crippen LogP contribution in [-0.4, -0.2) is 19.3 Å². The van der Waals surface area contributed by atoms with E-state index in [2.05, 4.69) is 10.3 Å². The number of halogens is 2. The Bertz CT molecular complexity index is 1420. The number of primary sulfonamides is 1. The smallest absolute Gasteiger partial charge is 0.280 e. The summed E-state index contributed by atoms with van der Waals surface area (Å²) in [5, 5.41) is 8.78. The van der Waals surface area contributed by atoms with Gasteiger partial charge in [-0.3, -0.25) is 4.79 Å². The van der Waals surface area contributed by atoms with Crippen molar-refractivity contribution in [3.63, 3.8) is 0 Å². The molecule has 0 saturated heterocycles. The van der Waals surface area contributed by atoms with Crippen LogP contribution in [0, 0.1) is 5.82 Å². The van der Waals surface area contributed by atoms with E-state index in [0.717, 1.165) is 16.9 Å². The number of nitrogens with two attached hydrogens (primary N) is 1. The van der Waals surface area contributed by atoms with Gasteiger partial charge in [-0.15, -0.1) is 11.3 Å². The van der Waals surface area contributed by atoms with Crippen LogP contribution in [0.3, 0.4) is 0 Å². The van der Waals surface area contributed by atoms with Gasteiger partial charge in [0.15, 0.2) is 5.01 Å². The second-order valence-electron chi connectivity index (χ2n) is 7.09. The van der Waals surface area contributed by atoms with Crippen LogP contribution >= 0.6 is 22.9 Å². The Labute approximate surface area is 198 Å². The molecule has 0 radical (unpaired) electrons. The molecule has 0 fully saturated rings. The number of benzene rings is 3. The average molecular weight is 502 g/mol. The molecule has 0 saturated carbocycles. The van der Waals surface area contributed by atoms with E-state index in [4.69, 9.17) is 16.7 Å². The second kappa shape index (κ2) is 9.40. The van der Waals surface area contributed by atoms with Crippen molar-refractivity contribution in [3.8, 4) is 21.7 Å². The van der Waals surface area contributed by atoms with Gasteiger partial charge in [-0.25, -0.2) is 22.9 Å². The van der Waals surface area contributed by atoms with E-state index in [-0.39, 0.29) is 22.4 Å². The van der Waals surface area contributed by atoms with E-state index in [1.165, 1.54) is 24.3 Å². The summed E-state index contributed by atoms with van der Waals surface area (Å²) in [5.41, 5.74) is 2.58. The Hall–Kier alpha value is -3.11. The first-order valence-electron chi connectivity index (χ1n) is 9.63. The Kier molecular flexibility index (Phi) is 6.57. The fraction of sp³-hybridized carbons (Fsp3) is 0.0435. The van der Waals surface area contributed by atoms with Crippen LogP contribution < -0.4 is 10.5 Å². The Morgan fingerprint density at radius 1 is 1.03 bits per heavy atom. The first-order chi connectivity index (χ1) is 15.7. The number of carbonyl (C=O) groups is 1. The molecule has 1 heterocycles. The highest BCUT2D eigenvalue weighted by molar-refractivity contribution is 7.89. The molecule has 1 aromatic heterocycles. The summed E-state index contributed by atoms with van der Waals surface area (Å²) < 4.78 is 36.6. The van der Waals surface area contributed by atoms with Gasteiger partial charge in [0.2, 0.25) is 10.0 Å². The van der Waals surface area contributed by atoms with Gasteiger partial charge in [-0.05, 0) is 59.7 Å². The third kappa shape index (κ3) is 5.45. The number of carbonyl (C=O) groups excluding carboxylic acids is 1. The van der Waals surface area contributed by atoms with Crippen molar-refractivity contribution >= 4 is 38.9 Å². The predicted molar refractivity (Wildman–Crippen MR) is 127 cm³/mol. The van der Waals surface area contributed by atoms with Crippen LogP contribution in [0.15, 0.2) is 77.7 Å². The van der Waals surface area contributed by atoms with Crippen molar-refractivity contribution in [2.75, 3.05) is 0 Å². The number of hydrogen-bond donors (Lipinski definition) is 2. The monoisotopic (exact) mass is 501 g/mol. The molecule has 3 N–H and O–H groups in total. The maximum atomic E-state index is 13.4. The minimum Gasteiger partial charge on any atom is -0.346 e. The van der Waals surface area contributed by atoms with Gasteiger partial charge in [0.1, 0.15) is 5.82 Å². The Balaban J connectivity index is 1.69. The molecule has 0 aliphatic rings. The van der Waals surface area contributed by atoms with Crippen LogP contribution in [0.2, 0.25) is 5.02 Å². The minimum atomic E-state index is -3.84. The van der Waals surface area contributed by atoms with Crippen molar-refractivity contribution < 1.29 is 17.6 Å². The molecule has 0 spiro atoms. The third-order valence-corrected chi connectivity index (χ3v) is 6.99. The first-order valence-corrected chi connectivity index (χ1v) is 12.4. The summed E-state index contributed by atoms with van der Waals surface area (Å²) in [6.45, 7) is 0.267. The van der Waals surface area contributed by atoms with Gasteiger partial charge in [0.25, 0.3) is 5.91 Å². The maximum Gasteiger partial charge on any atom is 0.280 e. The molecule has 0 atom stereocenters. The molecular weight excluding hydrogens is 485 g/mol. The molecule has 0 bridgehead atoms. The molecular formula is C23H17ClFN3O3S2. The lowest BCUT2D eigenvalue weighted by Crippen LogP contribution is -2.22. The average Bonchev–Trinajstić information content (AvgIpc) is 3.23. The van der Waals surface area contributed by atoms with E-state index >= 15 is 0 Å². The van der Waals surface area contributed by atoms with E-state index < -0.39 is 15.8 Å². The largest absolute Gasteiger partial charge is 0.346 e. The number of aromatic nitrogens is 1.